The predicted molar refractivity (Wildman–Crippen MR) is 111 cm³/mol. The van der Waals surface area contributed by atoms with Gasteiger partial charge >= 0.3 is 0 Å². The Bertz CT molecular complexity index is 729. The molecule has 27 heavy (non-hydrogen) atoms. The van der Waals surface area contributed by atoms with E-state index >= 15 is 0 Å². The number of hydrogen-bond donors (Lipinski definition) is 2. The molecule has 0 spiro atoms. The fourth-order valence-electron chi connectivity index (χ4n) is 3.71. The Balaban J connectivity index is 1.72. The lowest BCUT2D eigenvalue weighted by molar-refractivity contribution is -0.939. The Morgan fingerprint density at radius 1 is 1.15 bits per heavy atom. The molecule has 1 aromatic heterocycles. The third kappa shape index (κ3) is 4.98. The number of thiophene rings is 1. The summed E-state index contributed by atoms with van der Waals surface area (Å²) in [7, 11) is 0. The van der Waals surface area contributed by atoms with E-state index in [0.717, 1.165) is 31.9 Å². The third-order valence-corrected chi connectivity index (χ3v) is 6.25. The number of carbonyl (C=O) groups excluding carboxylic acids is 1. The molecule has 1 aliphatic heterocycles. The number of morpholine rings is 1. The van der Waals surface area contributed by atoms with Crippen molar-refractivity contribution in [1.82, 2.24) is 5.32 Å². The summed E-state index contributed by atoms with van der Waals surface area (Å²) in [4.78, 5) is 15.6. The first-order valence-corrected chi connectivity index (χ1v) is 10.6. The van der Waals surface area contributed by atoms with Crippen molar-refractivity contribution in [3.05, 3.63) is 57.8 Å². The zero-order chi connectivity index (χ0) is 19.4. The summed E-state index contributed by atoms with van der Waals surface area (Å²) in [5.41, 5.74) is 2.05. The van der Waals surface area contributed by atoms with Crippen LogP contribution < -0.4 is 10.2 Å². The van der Waals surface area contributed by atoms with Crippen molar-refractivity contribution < 1.29 is 14.4 Å². The zero-order valence-corrected chi connectivity index (χ0v) is 17.6. The molecule has 0 aliphatic carbocycles. The predicted octanol–water partition coefficient (Wildman–Crippen LogP) is 2.82. The van der Waals surface area contributed by atoms with Crippen LogP contribution in [0.3, 0.4) is 0 Å². The first-order valence-electron chi connectivity index (χ1n) is 9.73. The fourth-order valence-corrected chi connectivity index (χ4v) is 4.70. The first kappa shape index (κ1) is 20.1. The lowest BCUT2D eigenvalue weighted by Crippen LogP contribution is -3.15. The number of quaternary nitrogens is 1. The molecule has 1 amide bonds. The molecule has 0 saturated carbocycles. The molecule has 1 aliphatic rings. The van der Waals surface area contributed by atoms with Crippen LogP contribution in [0.5, 0.6) is 0 Å². The van der Waals surface area contributed by atoms with Crippen LogP contribution in [-0.2, 0) is 10.2 Å². The number of carbonyl (C=O) groups is 1. The molecule has 1 saturated heterocycles. The van der Waals surface area contributed by atoms with Crippen LogP contribution in [0.4, 0.5) is 0 Å². The molecule has 2 aromatic rings. The topological polar surface area (TPSA) is 42.8 Å². The van der Waals surface area contributed by atoms with Crippen molar-refractivity contribution in [3.63, 3.8) is 0 Å². The van der Waals surface area contributed by atoms with E-state index in [9.17, 15) is 4.79 Å². The van der Waals surface area contributed by atoms with E-state index in [1.165, 1.54) is 15.3 Å². The summed E-state index contributed by atoms with van der Waals surface area (Å²) in [6, 6.07) is 12.6. The van der Waals surface area contributed by atoms with Gasteiger partial charge in [0.25, 0.3) is 5.91 Å². The second kappa shape index (κ2) is 8.55. The largest absolute Gasteiger partial charge is 0.370 e. The maximum absolute atomic E-state index is 12.8. The van der Waals surface area contributed by atoms with Crippen LogP contribution in [0.25, 0.3) is 0 Å². The molecule has 5 heteroatoms. The van der Waals surface area contributed by atoms with E-state index in [-0.39, 0.29) is 23.4 Å². The molecule has 4 nitrogen and oxygen atoms in total. The van der Waals surface area contributed by atoms with E-state index in [0.29, 0.717) is 0 Å². The molecule has 3 rings (SSSR count). The monoisotopic (exact) mass is 387 g/mol. The van der Waals surface area contributed by atoms with Crippen molar-refractivity contribution in [2.24, 2.45) is 0 Å². The first-order chi connectivity index (χ1) is 12.9. The summed E-state index contributed by atoms with van der Waals surface area (Å²) in [5.74, 6) is -0.00262. The standard InChI is InChI=1S/C22H30N2O2S/c1-16(20(19-6-5-15-27-19)24-11-13-26-14-12-24)23-21(25)17-7-9-18(10-8-17)22(2,3)4/h5-10,15-16,20H,11-14H2,1-4H3,(H,23,25)/p+1/t16-,20-/m0/s1. The molecule has 146 valence electrons. The second-order valence-electron chi connectivity index (χ2n) is 8.35. The Labute approximate surface area is 166 Å². The van der Waals surface area contributed by atoms with Gasteiger partial charge in [-0.25, -0.2) is 0 Å². The van der Waals surface area contributed by atoms with Crippen LogP contribution in [0, 0.1) is 0 Å². The Morgan fingerprint density at radius 3 is 2.37 bits per heavy atom. The highest BCUT2D eigenvalue weighted by Crippen LogP contribution is 2.23. The van der Waals surface area contributed by atoms with Gasteiger partial charge in [0, 0.05) is 5.56 Å². The third-order valence-electron chi connectivity index (χ3n) is 5.30. The van der Waals surface area contributed by atoms with Crippen LogP contribution in [0.2, 0.25) is 0 Å². The average Bonchev–Trinajstić information content (AvgIpc) is 3.16. The van der Waals surface area contributed by atoms with Gasteiger partial charge in [-0.3, -0.25) is 4.79 Å². The molecule has 0 bridgehead atoms. The number of benzene rings is 1. The maximum atomic E-state index is 12.8. The Hall–Kier alpha value is -1.69. The van der Waals surface area contributed by atoms with Crippen molar-refractivity contribution in [3.8, 4) is 0 Å². The minimum absolute atomic E-state index is 0.00262. The summed E-state index contributed by atoms with van der Waals surface area (Å²) in [6.07, 6.45) is 0. The van der Waals surface area contributed by atoms with E-state index < -0.39 is 0 Å². The fraction of sp³-hybridized carbons (Fsp3) is 0.500. The summed E-state index contributed by atoms with van der Waals surface area (Å²) in [6.45, 7) is 12.2. The van der Waals surface area contributed by atoms with Crippen LogP contribution in [0.1, 0.15) is 54.5 Å². The van der Waals surface area contributed by atoms with E-state index in [1.807, 2.05) is 12.1 Å². The lowest BCUT2D eigenvalue weighted by Gasteiger charge is -2.34. The molecule has 0 radical (unpaired) electrons. The summed E-state index contributed by atoms with van der Waals surface area (Å²) < 4.78 is 5.53. The van der Waals surface area contributed by atoms with E-state index in [2.05, 4.69) is 62.7 Å². The molecule has 2 heterocycles. The van der Waals surface area contributed by atoms with Gasteiger partial charge in [-0.05, 0) is 41.5 Å². The average molecular weight is 388 g/mol. The minimum Gasteiger partial charge on any atom is -0.370 e. The molecular weight excluding hydrogens is 356 g/mol. The SMILES string of the molecule is C[C@H](NC(=O)c1ccc(C(C)(C)C)cc1)[C@@H](c1cccs1)[NH+]1CCOCC1. The van der Waals surface area contributed by atoms with Crippen LogP contribution in [0.15, 0.2) is 41.8 Å². The van der Waals surface area contributed by atoms with Gasteiger partial charge in [-0.1, -0.05) is 39.0 Å². The van der Waals surface area contributed by atoms with Crippen molar-refractivity contribution in [2.45, 2.75) is 45.2 Å². The molecule has 0 unspecified atom stereocenters. The van der Waals surface area contributed by atoms with Crippen molar-refractivity contribution >= 4 is 17.2 Å². The molecule has 2 atom stereocenters. The number of ether oxygens (including phenoxy) is 1. The smallest absolute Gasteiger partial charge is 0.251 e. The number of rotatable bonds is 5. The maximum Gasteiger partial charge on any atom is 0.251 e. The highest BCUT2D eigenvalue weighted by molar-refractivity contribution is 7.10. The molecular formula is C22H31N2O2S+. The van der Waals surface area contributed by atoms with Gasteiger partial charge in [-0.2, -0.15) is 0 Å². The normalized spacial score (nSPS) is 18.1. The Morgan fingerprint density at radius 2 is 1.81 bits per heavy atom. The quantitative estimate of drug-likeness (QED) is 0.829. The highest BCUT2D eigenvalue weighted by Gasteiger charge is 2.33. The summed E-state index contributed by atoms with van der Waals surface area (Å²) >= 11 is 1.77. The van der Waals surface area contributed by atoms with Gasteiger partial charge in [-0.15, -0.1) is 11.3 Å². The van der Waals surface area contributed by atoms with E-state index in [1.54, 1.807) is 11.3 Å². The van der Waals surface area contributed by atoms with Crippen molar-refractivity contribution in [1.29, 1.82) is 0 Å². The number of nitrogens with one attached hydrogen (secondary N) is 2. The van der Waals surface area contributed by atoms with Crippen LogP contribution in [-0.4, -0.2) is 38.3 Å². The van der Waals surface area contributed by atoms with Gasteiger partial charge in [0.1, 0.15) is 19.1 Å². The van der Waals surface area contributed by atoms with Gasteiger partial charge < -0.3 is 15.0 Å². The molecule has 1 fully saturated rings. The van der Waals surface area contributed by atoms with Crippen LogP contribution >= 0.6 is 11.3 Å². The molecule has 1 aromatic carbocycles. The summed E-state index contributed by atoms with van der Waals surface area (Å²) in [5, 5.41) is 5.36. The van der Waals surface area contributed by atoms with Gasteiger partial charge in [0.2, 0.25) is 0 Å². The Kier molecular flexibility index (Phi) is 6.35. The van der Waals surface area contributed by atoms with Gasteiger partial charge in [0.05, 0.1) is 24.1 Å². The lowest BCUT2D eigenvalue weighted by atomic mass is 9.86. The highest BCUT2D eigenvalue weighted by atomic mass is 32.1. The van der Waals surface area contributed by atoms with Gasteiger partial charge in [0.15, 0.2) is 0 Å². The molecule has 2 N–H and O–H groups in total. The zero-order valence-electron chi connectivity index (χ0n) is 16.7. The van der Waals surface area contributed by atoms with E-state index in [4.69, 9.17) is 4.74 Å². The minimum atomic E-state index is -0.00262. The number of amides is 1. The second-order valence-corrected chi connectivity index (χ2v) is 9.33. The van der Waals surface area contributed by atoms with Crippen molar-refractivity contribution in [2.75, 3.05) is 26.3 Å². The number of hydrogen-bond acceptors (Lipinski definition) is 3.